The number of H-pyrrole nitrogens is 2. The number of primary amides is 1. The lowest BCUT2D eigenvalue weighted by atomic mass is 10.0. The summed E-state index contributed by atoms with van der Waals surface area (Å²) < 4.78 is 0. The molecule has 232 valence electrons. The van der Waals surface area contributed by atoms with Crippen LogP contribution >= 0.6 is 0 Å². The predicted octanol–water partition coefficient (Wildman–Crippen LogP) is -0.441. The fourth-order valence-electron chi connectivity index (χ4n) is 4.92. The lowest BCUT2D eigenvalue weighted by Gasteiger charge is -2.24. The normalized spacial score (nSPS) is 14.0. The van der Waals surface area contributed by atoms with Gasteiger partial charge in [-0.2, -0.15) is 0 Å². The number of aromatic nitrogens is 2. The number of aliphatic hydroxyl groups excluding tert-OH is 1. The van der Waals surface area contributed by atoms with Gasteiger partial charge in [0.25, 0.3) is 0 Å². The Morgan fingerprint density at radius 2 is 1.23 bits per heavy atom. The van der Waals surface area contributed by atoms with Crippen molar-refractivity contribution in [2.45, 2.75) is 49.9 Å². The molecule has 4 aromatic rings. The Hall–Kier alpha value is -5.21. The van der Waals surface area contributed by atoms with Crippen LogP contribution in [0.1, 0.15) is 24.0 Å². The number of nitrogens with one attached hydrogen (secondary N) is 5. The summed E-state index contributed by atoms with van der Waals surface area (Å²) in [5, 5.41) is 28.3. The summed E-state index contributed by atoms with van der Waals surface area (Å²) in [6.45, 7) is -0.867. The maximum absolute atomic E-state index is 13.5. The van der Waals surface area contributed by atoms with Crippen molar-refractivity contribution in [3.8, 4) is 0 Å². The van der Waals surface area contributed by atoms with E-state index in [1.165, 1.54) is 0 Å². The van der Waals surface area contributed by atoms with Gasteiger partial charge in [0.05, 0.1) is 12.6 Å². The number of amides is 4. The maximum atomic E-state index is 13.5. The van der Waals surface area contributed by atoms with E-state index >= 15 is 0 Å². The monoisotopic (exact) mass is 605 g/mol. The number of benzene rings is 2. The predicted molar refractivity (Wildman–Crippen MR) is 161 cm³/mol. The van der Waals surface area contributed by atoms with Crippen LogP contribution in [-0.4, -0.2) is 80.6 Å². The van der Waals surface area contributed by atoms with Crippen molar-refractivity contribution >= 4 is 51.4 Å². The molecule has 4 amide bonds. The standard InChI is InChI=1S/C30H35N7O7/c31-20(11-16-13-33-21-7-3-1-5-18(16)21)27(40)36-24(12-17-14-34-22-8-4-2-6-19(17)22)28(41)37-25(15-38)29(42)35-23(30(43)44)9-10-26(32)39/h1-8,13-14,20,23-25,33-34,38H,9-12,15,31H2,(H2,32,39)(H,35,42)(H,36,40)(H,37,41)(H,43,44). The third-order valence-electron chi connectivity index (χ3n) is 7.29. The van der Waals surface area contributed by atoms with Gasteiger partial charge in [0.2, 0.25) is 23.6 Å². The molecule has 0 aliphatic carbocycles. The van der Waals surface area contributed by atoms with Crippen molar-refractivity contribution in [3.63, 3.8) is 0 Å². The Morgan fingerprint density at radius 1 is 0.727 bits per heavy atom. The summed E-state index contributed by atoms with van der Waals surface area (Å²) in [4.78, 5) is 68.5. The van der Waals surface area contributed by atoms with Crippen LogP contribution in [0.3, 0.4) is 0 Å². The number of fused-ring (bicyclic) bond motifs is 2. The van der Waals surface area contributed by atoms with Gasteiger partial charge < -0.3 is 47.6 Å². The number of aliphatic carboxylic acids is 1. The molecule has 0 radical (unpaired) electrons. The van der Waals surface area contributed by atoms with E-state index in [4.69, 9.17) is 11.5 Å². The zero-order valence-electron chi connectivity index (χ0n) is 23.7. The Bertz CT molecular complexity index is 1660. The average molecular weight is 606 g/mol. The molecular formula is C30H35N7O7. The first-order valence-corrected chi connectivity index (χ1v) is 14.0. The van der Waals surface area contributed by atoms with Gasteiger partial charge >= 0.3 is 5.97 Å². The minimum absolute atomic E-state index is 0.0114. The van der Waals surface area contributed by atoms with Gasteiger partial charge in [-0.05, 0) is 36.1 Å². The smallest absolute Gasteiger partial charge is 0.326 e. The highest BCUT2D eigenvalue weighted by molar-refractivity contribution is 5.95. The molecule has 0 saturated carbocycles. The van der Waals surface area contributed by atoms with E-state index in [1.807, 2.05) is 48.5 Å². The Morgan fingerprint density at radius 3 is 1.77 bits per heavy atom. The van der Waals surface area contributed by atoms with Crippen LogP contribution in [0.4, 0.5) is 0 Å². The summed E-state index contributed by atoms with van der Waals surface area (Å²) in [6.07, 6.45) is 3.08. The zero-order valence-corrected chi connectivity index (χ0v) is 23.7. The van der Waals surface area contributed by atoms with Crippen LogP contribution in [0.25, 0.3) is 21.8 Å². The first-order valence-electron chi connectivity index (χ1n) is 14.0. The Balaban J connectivity index is 1.50. The van der Waals surface area contributed by atoms with Crippen molar-refractivity contribution in [1.29, 1.82) is 0 Å². The van der Waals surface area contributed by atoms with Crippen LogP contribution in [0.2, 0.25) is 0 Å². The highest BCUT2D eigenvalue weighted by Gasteiger charge is 2.31. The number of para-hydroxylation sites is 2. The van der Waals surface area contributed by atoms with Gasteiger partial charge in [-0.15, -0.1) is 0 Å². The molecule has 0 spiro atoms. The lowest BCUT2D eigenvalue weighted by Crippen LogP contribution is -2.58. The van der Waals surface area contributed by atoms with Crippen LogP contribution in [0.15, 0.2) is 60.9 Å². The fourth-order valence-corrected chi connectivity index (χ4v) is 4.92. The molecule has 11 N–H and O–H groups in total. The van der Waals surface area contributed by atoms with E-state index in [9.17, 15) is 34.2 Å². The molecule has 2 heterocycles. The second-order valence-corrected chi connectivity index (χ2v) is 10.4. The van der Waals surface area contributed by atoms with Crippen LogP contribution in [0.5, 0.6) is 0 Å². The molecule has 0 aliphatic rings. The largest absolute Gasteiger partial charge is 0.480 e. The Kier molecular flexibility index (Phi) is 10.3. The van der Waals surface area contributed by atoms with E-state index in [2.05, 4.69) is 25.9 Å². The van der Waals surface area contributed by atoms with Gasteiger partial charge in [-0.1, -0.05) is 36.4 Å². The van der Waals surface area contributed by atoms with E-state index < -0.39 is 60.4 Å². The van der Waals surface area contributed by atoms with E-state index in [0.717, 1.165) is 27.4 Å². The van der Waals surface area contributed by atoms with Crippen molar-refractivity contribution in [2.75, 3.05) is 6.61 Å². The molecule has 44 heavy (non-hydrogen) atoms. The average Bonchev–Trinajstić information content (AvgIpc) is 3.61. The minimum Gasteiger partial charge on any atom is -0.480 e. The van der Waals surface area contributed by atoms with E-state index in [0.29, 0.717) is 5.56 Å². The lowest BCUT2D eigenvalue weighted by molar-refractivity contribution is -0.143. The van der Waals surface area contributed by atoms with Gasteiger partial charge in [-0.3, -0.25) is 19.2 Å². The molecule has 4 atom stereocenters. The molecule has 14 nitrogen and oxygen atoms in total. The zero-order chi connectivity index (χ0) is 31.8. The Labute approximate surface area is 251 Å². The van der Waals surface area contributed by atoms with Crippen LogP contribution < -0.4 is 27.4 Å². The minimum atomic E-state index is -1.56. The molecule has 0 saturated heterocycles. The molecule has 2 aromatic carbocycles. The van der Waals surface area contributed by atoms with Crippen molar-refractivity contribution < 1.29 is 34.2 Å². The number of aromatic amines is 2. The summed E-state index contributed by atoms with van der Waals surface area (Å²) in [6, 6.07) is 9.65. The molecule has 0 fully saturated rings. The summed E-state index contributed by atoms with van der Waals surface area (Å²) in [5.41, 5.74) is 14.6. The number of aliphatic hydroxyl groups is 1. The molecule has 14 heteroatoms. The van der Waals surface area contributed by atoms with Crippen molar-refractivity contribution in [3.05, 3.63) is 72.1 Å². The number of carbonyl (C=O) groups is 5. The number of hydrogen-bond acceptors (Lipinski definition) is 7. The van der Waals surface area contributed by atoms with Gasteiger partial charge in [0.15, 0.2) is 0 Å². The first-order chi connectivity index (χ1) is 21.1. The maximum Gasteiger partial charge on any atom is 0.326 e. The van der Waals surface area contributed by atoms with Crippen LogP contribution in [0, 0.1) is 0 Å². The second kappa shape index (κ2) is 14.3. The SMILES string of the molecule is NC(=O)CCC(NC(=O)C(CO)NC(=O)C(Cc1c[nH]c2ccccc12)NC(=O)C(N)Cc1c[nH]c2ccccc12)C(=O)O. The molecule has 4 rings (SSSR count). The number of carboxylic acids is 1. The van der Waals surface area contributed by atoms with Gasteiger partial charge in [0.1, 0.15) is 18.1 Å². The van der Waals surface area contributed by atoms with Gasteiger partial charge in [-0.25, -0.2) is 4.79 Å². The third-order valence-corrected chi connectivity index (χ3v) is 7.29. The first kappa shape index (κ1) is 31.7. The number of carbonyl (C=O) groups excluding carboxylic acids is 4. The summed E-state index contributed by atoms with van der Waals surface area (Å²) in [5.74, 6) is -4.59. The van der Waals surface area contributed by atoms with Crippen molar-refractivity contribution in [1.82, 2.24) is 25.9 Å². The number of carboxylic acid groups (broad SMARTS) is 1. The number of rotatable bonds is 15. The summed E-state index contributed by atoms with van der Waals surface area (Å²) >= 11 is 0. The molecule has 4 unspecified atom stereocenters. The van der Waals surface area contributed by atoms with Gasteiger partial charge in [0, 0.05) is 47.0 Å². The molecule has 2 aromatic heterocycles. The highest BCUT2D eigenvalue weighted by Crippen LogP contribution is 2.21. The molecule has 0 aliphatic heterocycles. The van der Waals surface area contributed by atoms with Crippen molar-refractivity contribution in [2.24, 2.45) is 11.5 Å². The quantitative estimate of drug-likeness (QED) is 0.0857. The number of nitrogens with two attached hydrogens (primary N) is 2. The van der Waals surface area contributed by atoms with E-state index in [-0.39, 0.29) is 25.7 Å². The summed E-state index contributed by atoms with van der Waals surface area (Å²) in [7, 11) is 0. The highest BCUT2D eigenvalue weighted by atomic mass is 16.4. The molecular weight excluding hydrogens is 570 g/mol. The molecule has 0 bridgehead atoms. The van der Waals surface area contributed by atoms with E-state index in [1.54, 1.807) is 12.4 Å². The topological polar surface area (TPSA) is 246 Å². The second-order valence-electron chi connectivity index (χ2n) is 10.4. The van der Waals surface area contributed by atoms with Crippen LogP contribution in [-0.2, 0) is 36.8 Å². The number of hydrogen-bond donors (Lipinski definition) is 9. The fraction of sp³-hybridized carbons (Fsp3) is 0.300. The third kappa shape index (κ3) is 7.79.